The Morgan fingerprint density at radius 2 is 2.10 bits per heavy atom. The lowest BCUT2D eigenvalue weighted by Gasteiger charge is -2.20. The monoisotopic (exact) mass is 276 g/mol. The summed E-state index contributed by atoms with van der Waals surface area (Å²) in [5.41, 5.74) is 1.99. The number of hydrogen-bond donors (Lipinski definition) is 1. The second-order valence-corrected chi connectivity index (χ2v) is 5.97. The molecule has 108 valence electrons. The van der Waals surface area contributed by atoms with Crippen LogP contribution in [-0.4, -0.2) is 29.5 Å². The first-order valence-electron chi connectivity index (χ1n) is 6.61. The molecule has 2 amide bonds. The van der Waals surface area contributed by atoms with Crippen LogP contribution in [0.4, 0.5) is 4.79 Å². The number of nitrogens with zero attached hydrogens (tertiary/aromatic N) is 1. The van der Waals surface area contributed by atoms with E-state index >= 15 is 0 Å². The largest absolute Gasteiger partial charge is 0.444 e. The summed E-state index contributed by atoms with van der Waals surface area (Å²) in [5.74, 6) is 0.00147. The number of hydrogen-bond acceptors (Lipinski definition) is 3. The second kappa shape index (κ2) is 5.15. The van der Waals surface area contributed by atoms with Crippen LogP contribution in [0.1, 0.15) is 42.3 Å². The Morgan fingerprint density at radius 1 is 1.40 bits per heavy atom. The molecule has 1 heterocycles. The van der Waals surface area contributed by atoms with Crippen molar-refractivity contribution in [2.45, 2.75) is 39.5 Å². The normalized spacial score (nSPS) is 14.2. The number of carbonyl (C=O) groups is 2. The number of carbonyl (C=O) groups excluding carboxylic acids is 2. The number of rotatable bonds is 2. The summed E-state index contributed by atoms with van der Waals surface area (Å²) in [7, 11) is 1.77. The highest BCUT2D eigenvalue weighted by Gasteiger charge is 2.27. The maximum Gasteiger partial charge on any atom is 0.407 e. The van der Waals surface area contributed by atoms with Crippen LogP contribution in [0.15, 0.2) is 18.2 Å². The Balaban J connectivity index is 2.07. The molecule has 0 radical (unpaired) electrons. The van der Waals surface area contributed by atoms with Crippen LogP contribution in [0, 0.1) is 0 Å². The first-order chi connectivity index (χ1) is 9.28. The van der Waals surface area contributed by atoms with Gasteiger partial charge in [-0.05, 0) is 31.9 Å². The molecule has 1 aliphatic heterocycles. The van der Waals surface area contributed by atoms with Crippen LogP contribution >= 0.6 is 0 Å². The van der Waals surface area contributed by atoms with Gasteiger partial charge in [-0.2, -0.15) is 0 Å². The minimum Gasteiger partial charge on any atom is -0.444 e. The smallest absolute Gasteiger partial charge is 0.407 e. The zero-order valence-corrected chi connectivity index (χ0v) is 12.3. The average molecular weight is 276 g/mol. The van der Waals surface area contributed by atoms with Gasteiger partial charge in [0.05, 0.1) is 0 Å². The number of ether oxygens (including phenoxy) is 1. The van der Waals surface area contributed by atoms with E-state index in [0.29, 0.717) is 12.1 Å². The molecule has 0 spiro atoms. The van der Waals surface area contributed by atoms with Crippen LogP contribution in [-0.2, 0) is 17.8 Å². The molecule has 0 atom stereocenters. The van der Waals surface area contributed by atoms with Crippen LogP contribution in [0.5, 0.6) is 0 Å². The lowest BCUT2D eigenvalue weighted by molar-refractivity contribution is 0.0522. The molecule has 0 unspecified atom stereocenters. The maximum absolute atomic E-state index is 12.1. The van der Waals surface area contributed by atoms with Gasteiger partial charge in [-0.15, -0.1) is 0 Å². The van der Waals surface area contributed by atoms with Gasteiger partial charge in [0.2, 0.25) is 0 Å². The van der Waals surface area contributed by atoms with E-state index in [0.717, 1.165) is 11.1 Å². The van der Waals surface area contributed by atoms with Crippen molar-refractivity contribution < 1.29 is 14.3 Å². The van der Waals surface area contributed by atoms with Gasteiger partial charge in [-0.3, -0.25) is 4.79 Å². The SMILES string of the molecule is CN1Cc2cccc(CNC(=O)OC(C)(C)C)c2C1=O. The fourth-order valence-corrected chi connectivity index (χ4v) is 2.21. The standard InChI is InChI=1S/C15H20N2O3/c1-15(2,3)20-14(19)16-8-10-6-5-7-11-9-17(4)13(18)12(10)11/h5-7H,8-9H2,1-4H3,(H,16,19). The van der Waals surface area contributed by atoms with Gasteiger partial charge in [0.15, 0.2) is 0 Å². The van der Waals surface area contributed by atoms with Gasteiger partial charge in [-0.25, -0.2) is 4.79 Å². The summed E-state index contributed by atoms with van der Waals surface area (Å²) < 4.78 is 5.18. The number of amides is 2. The predicted molar refractivity (Wildman–Crippen MR) is 75.3 cm³/mol. The molecular weight excluding hydrogens is 256 g/mol. The summed E-state index contributed by atoms with van der Waals surface area (Å²) in [6, 6.07) is 5.69. The molecule has 0 aromatic heterocycles. The zero-order chi connectivity index (χ0) is 14.9. The summed E-state index contributed by atoms with van der Waals surface area (Å²) in [6.07, 6.45) is -0.478. The molecule has 5 heteroatoms. The Morgan fingerprint density at radius 3 is 2.75 bits per heavy atom. The Kier molecular flexibility index (Phi) is 3.70. The molecule has 1 aromatic rings. The van der Waals surface area contributed by atoms with Gasteiger partial charge >= 0.3 is 6.09 Å². The average Bonchev–Trinajstić information content (AvgIpc) is 2.61. The van der Waals surface area contributed by atoms with Gasteiger partial charge < -0.3 is 15.0 Å². The van der Waals surface area contributed by atoms with E-state index in [1.807, 2.05) is 39.0 Å². The molecule has 0 aliphatic carbocycles. The molecular formula is C15H20N2O3. The molecule has 2 rings (SSSR count). The molecule has 20 heavy (non-hydrogen) atoms. The van der Waals surface area contributed by atoms with Gasteiger partial charge in [0, 0.05) is 25.7 Å². The quantitative estimate of drug-likeness (QED) is 0.901. The third kappa shape index (κ3) is 3.10. The lowest BCUT2D eigenvalue weighted by Crippen LogP contribution is -2.32. The predicted octanol–water partition coefficient (Wildman–Crippen LogP) is 2.30. The highest BCUT2D eigenvalue weighted by atomic mass is 16.6. The topological polar surface area (TPSA) is 58.6 Å². The fraction of sp³-hybridized carbons (Fsp3) is 0.467. The van der Waals surface area contributed by atoms with Crippen molar-refractivity contribution in [2.75, 3.05) is 7.05 Å². The minimum absolute atomic E-state index is 0.00147. The molecule has 1 N–H and O–H groups in total. The van der Waals surface area contributed by atoms with E-state index in [2.05, 4.69) is 5.32 Å². The van der Waals surface area contributed by atoms with E-state index in [1.165, 1.54) is 0 Å². The molecule has 0 saturated heterocycles. The van der Waals surface area contributed by atoms with E-state index in [1.54, 1.807) is 11.9 Å². The molecule has 0 fully saturated rings. The summed E-state index contributed by atoms with van der Waals surface area (Å²) >= 11 is 0. The third-order valence-electron chi connectivity index (χ3n) is 3.03. The Labute approximate surface area is 118 Å². The first-order valence-corrected chi connectivity index (χ1v) is 6.61. The van der Waals surface area contributed by atoms with E-state index in [-0.39, 0.29) is 12.5 Å². The fourth-order valence-electron chi connectivity index (χ4n) is 2.21. The molecule has 5 nitrogen and oxygen atoms in total. The Hall–Kier alpha value is -2.04. The van der Waals surface area contributed by atoms with Crippen LogP contribution in [0.25, 0.3) is 0 Å². The third-order valence-corrected chi connectivity index (χ3v) is 3.03. The number of fused-ring (bicyclic) bond motifs is 1. The van der Waals surface area contributed by atoms with Crippen LogP contribution in [0.2, 0.25) is 0 Å². The second-order valence-electron chi connectivity index (χ2n) is 5.97. The maximum atomic E-state index is 12.1. The first kappa shape index (κ1) is 14.4. The number of benzene rings is 1. The number of nitrogens with one attached hydrogen (secondary N) is 1. The highest BCUT2D eigenvalue weighted by Crippen LogP contribution is 2.24. The van der Waals surface area contributed by atoms with Gasteiger partial charge in [0.25, 0.3) is 5.91 Å². The van der Waals surface area contributed by atoms with Crippen molar-refractivity contribution in [1.82, 2.24) is 10.2 Å². The number of alkyl carbamates (subject to hydrolysis) is 1. The van der Waals surface area contributed by atoms with Crippen LogP contribution in [0.3, 0.4) is 0 Å². The van der Waals surface area contributed by atoms with Gasteiger partial charge in [-0.1, -0.05) is 18.2 Å². The molecule has 0 saturated carbocycles. The molecule has 0 bridgehead atoms. The van der Waals surface area contributed by atoms with Crippen molar-refractivity contribution in [1.29, 1.82) is 0 Å². The van der Waals surface area contributed by atoms with Gasteiger partial charge in [0.1, 0.15) is 5.60 Å². The summed E-state index contributed by atoms with van der Waals surface area (Å²) in [6.45, 7) is 6.34. The van der Waals surface area contributed by atoms with Crippen molar-refractivity contribution in [3.05, 3.63) is 34.9 Å². The van der Waals surface area contributed by atoms with Crippen molar-refractivity contribution in [3.63, 3.8) is 0 Å². The van der Waals surface area contributed by atoms with E-state index in [4.69, 9.17) is 4.74 Å². The summed E-state index contributed by atoms with van der Waals surface area (Å²) in [4.78, 5) is 25.4. The zero-order valence-electron chi connectivity index (χ0n) is 12.3. The van der Waals surface area contributed by atoms with Crippen molar-refractivity contribution in [2.24, 2.45) is 0 Å². The highest BCUT2D eigenvalue weighted by molar-refractivity contribution is 5.99. The summed E-state index contributed by atoms with van der Waals surface area (Å²) in [5, 5.41) is 2.69. The van der Waals surface area contributed by atoms with Crippen molar-refractivity contribution >= 4 is 12.0 Å². The van der Waals surface area contributed by atoms with Crippen LogP contribution < -0.4 is 5.32 Å². The van der Waals surface area contributed by atoms with Crippen molar-refractivity contribution in [3.8, 4) is 0 Å². The lowest BCUT2D eigenvalue weighted by atomic mass is 10.0. The Bertz CT molecular complexity index is 547. The molecule has 1 aliphatic rings. The minimum atomic E-state index is -0.529. The van der Waals surface area contributed by atoms with E-state index in [9.17, 15) is 9.59 Å². The molecule has 1 aromatic carbocycles. The van der Waals surface area contributed by atoms with E-state index < -0.39 is 11.7 Å².